The summed E-state index contributed by atoms with van der Waals surface area (Å²) in [6, 6.07) is 13.5. The lowest BCUT2D eigenvalue weighted by molar-refractivity contribution is -0.116. The van der Waals surface area contributed by atoms with Crippen molar-refractivity contribution in [2.75, 3.05) is 31.6 Å². The van der Waals surface area contributed by atoms with Crippen molar-refractivity contribution in [3.63, 3.8) is 0 Å². The maximum atomic E-state index is 13.1. The van der Waals surface area contributed by atoms with Crippen LogP contribution in [0.15, 0.2) is 42.5 Å². The van der Waals surface area contributed by atoms with E-state index in [1.54, 1.807) is 14.0 Å². The van der Waals surface area contributed by atoms with E-state index in [1.807, 2.05) is 47.4 Å². The van der Waals surface area contributed by atoms with Crippen molar-refractivity contribution in [1.29, 1.82) is 0 Å². The Morgan fingerprint density at radius 2 is 1.67 bits per heavy atom. The molecule has 2 aromatic rings. The number of rotatable bonds is 7. The second-order valence-electron chi connectivity index (χ2n) is 10.3. The molecule has 2 aromatic carbocycles. The molecule has 0 radical (unpaired) electrons. The number of nitrogens with one attached hydrogen (secondary N) is 1. The van der Waals surface area contributed by atoms with Crippen LogP contribution < -0.4 is 15.0 Å². The van der Waals surface area contributed by atoms with E-state index in [2.05, 4.69) is 24.1 Å². The van der Waals surface area contributed by atoms with Crippen LogP contribution in [0.2, 0.25) is 0 Å². The van der Waals surface area contributed by atoms with E-state index < -0.39 is 0 Å². The van der Waals surface area contributed by atoms with E-state index in [4.69, 9.17) is 4.74 Å². The number of nitrogens with zero attached hydrogens (tertiary/aromatic N) is 2. The number of carbonyl (C=O) groups is 2. The van der Waals surface area contributed by atoms with Crippen molar-refractivity contribution in [2.24, 2.45) is 5.92 Å². The van der Waals surface area contributed by atoms with Crippen molar-refractivity contribution in [3.05, 3.63) is 59.2 Å². The normalized spacial score (nSPS) is 15.5. The lowest BCUT2D eigenvalue weighted by Gasteiger charge is -2.29. The molecule has 1 N–H and O–H groups in total. The van der Waals surface area contributed by atoms with Crippen LogP contribution in [0, 0.1) is 5.92 Å². The summed E-state index contributed by atoms with van der Waals surface area (Å²) in [6.45, 7) is 10.1. The number of carbonyl (C=O) groups excluding carboxylic acids is 2. The number of amides is 2. The number of hydrogen-bond acceptors (Lipinski definition) is 4. The molecule has 3 rings (SSSR count). The molecule has 36 heavy (non-hydrogen) atoms. The third-order valence-corrected chi connectivity index (χ3v) is 6.90. The Hall–Kier alpha value is -2.86. The summed E-state index contributed by atoms with van der Waals surface area (Å²) in [5.74, 6) is 1.37. The van der Waals surface area contributed by atoms with Gasteiger partial charge in [-0.25, -0.2) is 0 Å². The van der Waals surface area contributed by atoms with Gasteiger partial charge in [0.2, 0.25) is 5.91 Å². The summed E-state index contributed by atoms with van der Waals surface area (Å²) in [7, 11) is 1.64. The van der Waals surface area contributed by atoms with Gasteiger partial charge >= 0.3 is 0 Å². The van der Waals surface area contributed by atoms with Gasteiger partial charge < -0.3 is 15.0 Å². The molecule has 1 aliphatic rings. The molecule has 0 saturated heterocycles. The summed E-state index contributed by atoms with van der Waals surface area (Å²) in [5, 5.41) is 3.04. The first-order valence-corrected chi connectivity index (χ1v) is 13.4. The Bertz CT molecular complexity index is 987. The van der Waals surface area contributed by atoms with Crippen molar-refractivity contribution in [2.45, 2.75) is 72.4 Å². The molecule has 0 bridgehead atoms. The first-order valence-electron chi connectivity index (χ1n) is 13.4. The van der Waals surface area contributed by atoms with Gasteiger partial charge in [-0.15, -0.1) is 0 Å². The molecule has 0 saturated carbocycles. The van der Waals surface area contributed by atoms with E-state index in [9.17, 15) is 9.59 Å². The second-order valence-corrected chi connectivity index (χ2v) is 10.3. The number of ether oxygens (including phenoxy) is 1. The Balaban J connectivity index is 1.84. The molecule has 1 heterocycles. The summed E-state index contributed by atoms with van der Waals surface area (Å²) in [6.07, 6.45) is 6.89. The number of methoxy groups -OCH3 is 1. The Morgan fingerprint density at radius 1 is 0.972 bits per heavy atom. The number of anilines is 1. The van der Waals surface area contributed by atoms with Crippen molar-refractivity contribution in [3.8, 4) is 5.75 Å². The van der Waals surface area contributed by atoms with E-state index in [0.717, 1.165) is 68.0 Å². The Labute approximate surface area is 217 Å². The molecule has 0 fully saturated rings. The van der Waals surface area contributed by atoms with Crippen LogP contribution in [0.5, 0.6) is 5.75 Å². The number of fused-ring (bicyclic) bond motifs is 1. The van der Waals surface area contributed by atoms with Gasteiger partial charge in [0, 0.05) is 37.8 Å². The molecule has 0 spiro atoms. The van der Waals surface area contributed by atoms with Crippen LogP contribution in [0.25, 0.3) is 0 Å². The zero-order chi connectivity index (χ0) is 25.9. The zero-order valence-corrected chi connectivity index (χ0v) is 22.5. The highest BCUT2D eigenvalue weighted by Crippen LogP contribution is 2.26. The van der Waals surface area contributed by atoms with Gasteiger partial charge in [-0.2, -0.15) is 0 Å². The van der Waals surface area contributed by atoms with E-state index in [0.29, 0.717) is 18.0 Å². The van der Waals surface area contributed by atoms with Crippen molar-refractivity contribution < 1.29 is 14.3 Å². The third-order valence-electron chi connectivity index (χ3n) is 6.90. The van der Waals surface area contributed by atoms with E-state index >= 15 is 0 Å². The van der Waals surface area contributed by atoms with Crippen LogP contribution in [-0.4, -0.2) is 43.5 Å². The van der Waals surface area contributed by atoms with Crippen molar-refractivity contribution in [1.82, 2.24) is 10.2 Å². The van der Waals surface area contributed by atoms with E-state index in [-0.39, 0.29) is 11.8 Å². The fraction of sp³-hybridized carbons (Fsp3) is 0.533. The number of benzene rings is 2. The maximum absolute atomic E-state index is 13.1. The van der Waals surface area contributed by atoms with Crippen LogP contribution in [-0.2, 0) is 17.9 Å². The van der Waals surface area contributed by atoms with Crippen LogP contribution in [0.1, 0.15) is 80.8 Å². The third kappa shape index (κ3) is 8.37. The van der Waals surface area contributed by atoms with Gasteiger partial charge in [0.05, 0.1) is 7.11 Å². The molecule has 2 amide bonds. The van der Waals surface area contributed by atoms with Gasteiger partial charge in [0.1, 0.15) is 5.75 Å². The minimum absolute atomic E-state index is 0.0544. The largest absolute Gasteiger partial charge is 0.497 e. The van der Waals surface area contributed by atoms with Gasteiger partial charge in [-0.3, -0.25) is 14.5 Å². The molecule has 196 valence electrons. The van der Waals surface area contributed by atoms with Gasteiger partial charge in [-0.05, 0) is 79.7 Å². The minimum Gasteiger partial charge on any atom is -0.497 e. The second kappa shape index (κ2) is 14.0. The minimum atomic E-state index is -0.108. The van der Waals surface area contributed by atoms with Crippen LogP contribution in [0.3, 0.4) is 0 Å². The van der Waals surface area contributed by atoms with Crippen molar-refractivity contribution >= 4 is 17.5 Å². The molecule has 0 aromatic heterocycles. The smallest absolute Gasteiger partial charge is 0.251 e. The monoisotopic (exact) mass is 493 g/mol. The highest BCUT2D eigenvalue weighted by Gasteiger charge is 2.20. The standard InChI is InChI=1S/C30H43N3O3/c1-23(2)16-19-32-17-8-6-5-7-9-18-33(24(3)34)29-15-12-26(20-27(29)22-32)30(35)31-21-25-10-13-28(36-4)14-11-25/h10-15,20,23H,5-9,16-19,21-22H2,1-4H3,(H,31,35). The SMILES string of the molecule is COc1ccc(CNC(=O)c2ccc3c(c2)CN(CCC(C)C)CCCCCCCN3C(C)=O)cc1. The molecule has 0 atom stereocenters. The molecule has 0 aliphatic carbocycles. The summed E-state index contributed by atoms with van der Waals surface area (Å²) in [5.41, 5.74) is 3.62. The van der Waals surface area contributed by atoms with E-state index in [1.165, 1.54) is 19.3 Å². The molecule has 6 heteroatoms. The highest BCUT2D eigenvalue weighted by molar-refractivity contribution is 5.97. The summed E-state index contributed by atoms with van der Waals surface area (Å²) in [4.78, 5) is 30.1. The average molecular weight is 494 g/mol. The zero-order valence-electron chi connectivity index (χ0n) is 22.5. The van der Waals surface area contributed by atoms with Gasteiger partial charge in [-0.1, -0.05) is 45.2 Å². The molecular formula is C30H43N3O3. The molecule has 1 aliphatic heterocycles. The molecule has 6 nitrogen and oxygen atoms in total. The molecular weight excluding hydrogens is 450 g/mol. The number of hydrogen-bond donors (Lipinski definition) is 1. The summed E-state index contributed by atoms with van der Waals surface area (Å²) < 4.78 is 5.21. The van der Waals surface area contributed by atoms with Crippen LogP contribution >= 0.6 is 0 Å². The average Bonchev–Trinajstić information content (AvgIpc) is 2.86. The lowest BCUT2D eigenvalue weighted by atomic mass is 10.0. The molecule has 0 unspecified atom stereocenters. The maximum Gasteiger partial charge on any atom is 0.251 e. The highest BCUT2D eigenvalue weighted by atomic mass is 16.5. The Morgan fingerprint density at radius 3 is 2.33 bits per heavy atom. The quantitative estimate of drug-likeness (QED) is 0.530. The first-order chi connectivity index (χ1) is 17.4. The fourth-order valence-corrected chi connectivity index (χ4v) is 4.68. The first kappa shape index (κ1) is 27.7. The van der Waals surface area contributed by atoms with Crippen LogP contribution in [0.4, 0.5) is 5.69 Å². The fourth-order valence-electron chi connectivity index (χ4n) is 4.68. The predicted molar refractivity (Wildman–Crippen MR) is 146 cm³/mol. The summed E-state index contributed by atoms with van der Waals surface area (Å²) >= 11 is 0. The predicted octanol–water partition coefficient (Wildman–Crippen LogP) is 5.79. The Kier molecular flexibility index (Phi) is 10.8. The van der Waals surface area contributed by atoms with Gasteiger partial charge in [0.15, 0.2) is 0 Å². The van der Waals surface area contributed by atoms with Gasteiger partial charge in [0.25, 0.3) is 5.91 Å². The topological polar surface area (TPSA) is 61.9 Å². The lowest BCUT2D eigenvalue weighted by Crippen LogP contribution is -2.33.